The maximum atomic E-state index is 6.70. The first kappa shape index (κ1) is 20.8. The lowest BCUT2D eigenvalue weighted by Crippen LogP contribution is -2.30. The minimum absolute atomic E-state index is 0.361. The lowest BCUT2D eigenvalue weighted by molar-refractivity contribution is 0.653. The van der Waals surface area contributed by atoms with Gasteiger partial charge in [0.1, 0.15) is 0 Å². The zero-order valence-corrected chi connectivity index (χ0v) is 20.1. The lowest BCUT2D eigenvalue weighted by atomic mass is 9.66. The predicted molar refractivity (Wildman–Crippen MR) is 148 cm³/mol. The van der Waals surface area contributed by atoms with Crippen LogP contribution < -0.4 is 16.2 Å². The second-order valence-corrected chi connectivity index (χ2v) is 10.5. The van der Waals surface area contributed by atoms with E-state index in [1.165, 1.54) is 38.3 Å². The Hall–Kier alpha value is -3.58. The smallest absolute Gasteiger partial charge is 0.0356 e. The molecule has 0 amide bonds. The summed E-state index contributed by atoms with van der Waals surface area (Å²) in [7, 11) is 0. The van der Waals surface area contributed by atoms with Gasteiger partial charge in [-0.3, -0.25) is 0 Å². The van der Waals surface area contributed by atoms with Crippen molar-refractivity contribution in [3.05, 3.63) is 129 Å². The number of allylic oxidation sites excluding steroid dienone is 12. The zero-order valence-electron chi connectivity index (χ0n) is 20.1. The van der Waals surface area contributed by atoms with Crippen LogP contribution in [0.2, 0.25) is 0 Å². The van der Waals surface area contributed by atoms with Crippen LogP contribution in [0, 0.1) is 5.92 Å². The Kier molecular flexibility index (Phi) is 4.91. The third kappa shape index (κ3) is 3.37. The summed E-state index contributed by atoms with van der Waals surface area (Å²) in [6, 6.07) is 13.7. The minimum Gasteiger partial charge on any atom is -0.398 e. The maximum absolute atomic E-state index is 6.70. The number of hydrogen-bond acceptors (Lipinski definition) is 1. The molecule has 172 valence electrons. The molecular weight excluding hydrogens is 422 g/mol. The van der Waals surface area contributed by atoms with E-state index in [2.05, 4.69) is 97.2 Å². The first-order chi connectivity index (χ1) is 17.3. The molecule has 0 heterocycles. The Morgan fingerprint density at radius 1 is 0.771 bits per heavy atom. The van der Waals surface area contributed by atoms with Crippen molar-refractivity contribution >= 4 is 22.9 Å². The van der Waals surface area contributed by atoms with Gasteiger partial charge in [-0.1, -0.05) is 85.0 Å². The number of fused-ring (bicyclic) bond motifs is 6. The summed E-state index contributed by atoms with van der Waals surface area (Å²) in [5.74, 6) is 1.13. The summed E-state index contributed by atoms with van der Waals surface area (Å²) >= 11 is 0. The van der Waals surface area contributed by atoms with Crippen LogP contribution in [0.5, 0.6) is 0 Å². The van der Waals surface area contributed by atoms with Gasteiger partial charge in [-0.15, -0.1) is 0 Å². The standard InChI is InChI=1S/C34H31N/c35-34-21-33-28-15-7-6-14-27(28)31-19-24(26-16-8-12-22-11-4-5-13-25(22)26)17-18-29(31)32(33)20-30(34)23-9-2-1-3-10-23/h1-7,9,11-15,19-21,23,27-28H,8,10,16-18,35H2. The van der Waals surface area contributed by atoms with Crippen molar-refractivity contribution in [2.45, 2.75) is 43.9 Å². The molecule has 5 aliphatic rings. The van der Waals surface area contributed by atoms with Crippen LogP contribution in [-0.4, -0.2) is 0 Å². The molecule has 3 atom stereocenters. The number of nitrogen functional groups attached to an aromatic ring is 1. The Morgan fingerprint density at radius 2 is 1.63 bits per heavy atom. The van der Waals surface area contributed by atoms with E-state index >= 15 is 0 Å². The second-order valence-electron chi connectivity index (χ2n) is 10.5. The van der Waals surface area contributed by atoms with Gasteiger partial charge in [-0.05, 0) is 93.7 Å². The van der Waals surface area contributed by atoms with Gasteiger partial charge in [-0.2, -0.15) is 0 Å². The summed E-state index contributed by atoms with van der Waals surface area (Å²) < 4.78 is 0. The Balaban J connectivity index is 1.41. The molecule has 0 radical (unpaired) electrons. The number of benzene rings is 2. The quantitative estimate of drug-likeness (QED) is 0.509. The average molecular weight is 454 g/mol. The van der Waals surface area contributed by atoms with Crippen LogP contribution in [-0.2, 0) is 0 Å². The van der Waals surface area contributed by atoms with Crippen LogP contribution in [0.25, 0.3) is 17.2 Å². The highest BCUT2D eigenvalue weighted by molar-refractivity contribution is 5.84. The molecule has 0 aromatic heterocycles. The first-order valence-electron chi connectivity index (χ1n) is 13.1. The van der Waals surface area contributed by atoms with Crippen LogP contribution in [0.3, 0.4) is 0 Å². The van der Waals surface area contributed by atoms with Crippen molar-refractivity contribution < 1.29 is 0 Å². The topological polar surface area (TPSA) is 26.0 Å². The molecule has 0 spiro atoms. The molecule has 0 fully saturated rings. The Bertz CT molecular complexity index is 1540. The largest absolute Gasteiger partial charge is 0.398 e. The van der Waals surface area contributed by atoms with Gasteiger partial charge >= 0.3 is 0 Å². The molecule has 2 aromatic rings. The summed E-state index contributed by atoms with van der Waals surface area (Å²) in [4.78, 5) is 0. The molecule has 5 aliphatic carbocycles. The summed E-state index contributed by atoms with van der Waals surface area (Å²) in [6.45, 7) is 0. The lowest BCUT2D eigenvalue weighted by Gasteiger charge is -2.38. The SMILES string of the molecule is Nc1cc2c(cc1C1C=CC=CC1)C1=C(C=C(C3=c4ccccc4=CCC3)CC1)C1C=CC=CC21. The number of rotatable bonds is 2. The molecule has 0 bridgehead atoms. The van der Waals surface area contributed by atoms with E-state index in [0.717, 1.165) is 37.8 Å². The first-order valence-corrected chi connectivity index (χ1v) is 13.1. The van der Waals surface area contributed by atoms with E-state index in [0.29, 0.717) is 17.8 Å². The van der Waals surface area contributed by atoms with Gasteiger partial charge in [0.2, 0.25) is 0 Å². The molecular formula is C34H31N. The highest BCUT2D eigenvalue weighted by Gasteiger charge is 2.35. The van der Waals surface area contributed by atoms with Gasteiger partial charge in [0.25, 0.3) is 0 Å². The number of hydrogen-bond donors (Lipinski definition) is 1. The van der Waals surface area contributed by atoms with E-state index < -0.39 is 0 Å². The molecule has 0 saturated carbocycles. The molecule has 0 saturated heterocycles. The second kappa shape index (κ2) is 8.27. The summed E-state index contributed by atoms with van der Waals surface area (Å²) in [6.07, 6.45) is 28.6. The highest BCUT2D eigenvalue weighted by atomic mass is 14.6. The van der Waals surface area contributed by atoms with Crippen LogP contribution in [0.15, 0.2) is 102 Å². The van der Waals surface area contributed by atoms with Crippen molar-refractivity contribution in [3.8, 4) is 0 Å². The average Bonchev–Trinajstić information content (AvgIpc) is 2.93. The van der Waals surface area contributed by atoms with E-state index in [9.17, 15) is 0 Å². The molecule has 2 aromatic carbocycles. The van der Waals surface area contributed by atoms with Gasteiger partial charge in [0.15, 0.2) is 0 Å². The van der Waals surface area contributed by atoms with Crippen molar-refractivity contribution in [1.82, 2.24) is 0 Å². The monoisotopic (exact) mass is 453 g/mol. The Labute approximate surface area is 207 Å². The van der Waals surface area contributed by atoms with E-state index in [4.69, 9.17) is 5.73 Å². The fourth-order valence-electron chi connectivity index (χ4n) is 6.89. The maximum Gasteiger partial charge on any atom is 0.0356 e. The van der Waals surface area contributed by atoms with Crippen molar-refractivity contribution in [3.63, 3.8) is 0 Å². The van der Waals surface area contributed by atoms with E-state index in [-0.39, 0.29) is 0 Å². The van der Waals surface area contributed by atoms with Crippen molar-refractivity contribution in [2.24, 2.45) is 5.92 Å². The van der Waals surface area contributed by atoms with Gasteiger partial charge in [-0.25, -0.2) is 0 Å². The van der Waals surface area contributed by atoms with E-state index in [1.54, 1.807) is 11.1 Å². The molecule has 1 nitrogen and oxygen atoms in total. The fourth-order valence-corrected chi connectivity index (χ4v) is 6.89. The Morgan fingerprint density at radius 3 is 2.51 bits per heavy atom. The predicted octanol–water partition coefficient (Wildman–Crippen LogP) is 6.61. The summed E-state index contributed by atoms with van der Waals surface area (Å²) in [5.41, 5.74) is 17.9. The highest BCUT2D eigenvalue weighted by Crippen LogP contribution is 2.52. The minimum atomic E-state index is 0.361. The third-order valence-corrected chi connectivity index (χ3v) is 8.57. The van der Waals surface area contributed by atoms with Gasteiger partial charge in [0.05, 0.1) is 0 Å². The number of nitrogens with two attached hydrogens (primary N) is 1. The zero-order chi connectivity index (χ0) is 23.4. The van der Waals surface area contributed by atoms with E-state index in [1.807, 2.05) is 0 Å². The molecule has 2 N–H and O–H groups in total. The molecule has 3 unspecified atom stereocenters. The van der Waals surface area contributed by atoms with Gasteiger partial charge in [0, 0.05) is 23.4 Å². The van der Waals surface area contributed by atoms with Crippen LogP contribution >= 0.6 is 0 Å². The van der Waals surface area contributed by atoms with Crippen molar-refractivity contribution in [1.29, 1.82) is 0 Å². The molecule has 35 heavy (non-hydrogen) atoms. The third-order valence-electron chi connectivity index (χ3n) is 8.57. The molecule has 7 rings (SSSR count). The van der Waals surface area contributed by atoms with Crippen LogP contribution in [0.4, 0.5) is 5.69 Å². The molecule has 1 heteroatoms. The molecule has 0 aliphatic heterocycles. The van der Waals surface area contributed by atoms with Gasteiger partial charge < -0.3 is 5.73 Å². The normalized spacial score (nSPS) is 25.9. The number of anilines is 1. The van der Waals surface area contributed by atoms with Crippen LogP contribution in [0.1, 0.15) is 60.6 Å². The summed E-state index contributed by atoms with van der Waals surface area (Å²) in [5, 5.41) is 2.84. The fraction of sp³-hybridized carbons (Fsp3) is 0.235. The van der Waals surface area contributed by atoms with Crippen molar-refractivity contribution in [2.75, 3.05) is 5.73 Å².